The molecule has 4 rings (SSSR count). The van der Waals surface area contributed by atoms with E-state index in [0.29, 0.717) is 35.2 Å². The lowest BCUT2D eigenvalue weighted by Gasteiger charge is -2.15. The number of hydrogen-bond donors (Lipinski definition) is 2. The van der Waals surface area contributed by atoms with Crippen LogP contribution in [0, 0.1) is 17.2 Å². The number of nitriles is 1. The van der Waals surface area contributed by atoms with Crippen molar-refractivity contribution in [2.24, 2.45) is 0 Å². The van der Waals surface area contributed by atoms with Gasteiger partial charge in [-0.25, -0.2) is 10.2 Å². The Bertz CT molecular complexity index is 1030. The van der Waals surface area contributed by atoms with Crippen LogP contribution in [0.2, 0.25) is 6.32 Å². The number of aromatic amines is 1. The number of nitrogens with one attached hydrogen (secondary N) is 2. The fraction of sp³-hybridized carbons (Fsp3) is 0.105. The number of aryl methyl sites for hydroxylation is 1. The van der Waals surface area contributed by atoms with Crippen molar-refractivity contribution < 1.29 is 9.18 Å². The second-order valence-corrected chi connectivity index (χ2v) is 6.17. The van der Waals surface area contributed by atoms with Crippen molar-refractivity contribution in [3.05, 3.63) is 65.9 Å². The van der Waals surface area contributed by atoms with E-state index in [4.69, 9.17) is 0 Å². The number of fused-ring (bicyclic) bond motifs is 1. The molecule has 2 aromatic heterocycles. The summed E-state index contributed by atoms with van der Waals surface area (Å²) in [5.41, 5.74) is 3.63. The first-order valence-electron chi connectivity index (χ1n) is 8.30. The number of nitrogens with zero attached hydrogens (tertiary/aromatic N) is 2. The van der Waals surface area contributed by atoms with Crippen LogP contribution in [-0.2, 0) is 6.42 Å². The molecule has 1 aliphatic heterocycles. The van der Waals surface area contributed by atoms with Crippen molar-refractivity contribution in [2.75, 3.05) is 5.32 Å². The van der Waals surface area contributed by atoms with Crippen molar-refractivity contribution in [1.29, 1.82) is 5.26 Å². The Kier molecular flexibility index (Phi) is 4.02. The highest BCUT2D eigenvalue weighted by atomic mass is 19.1. The molecule has 0 amide bonds. The van der Waals surface area contributed by atoms with Gasteiger partial charge in [0, 0.05) is 35.2 Å². The summed E-state index contributed by atoms with van der Waals surface area (Å²) < 4.78 is 13.6. The lowest BCUT2D eigenvalue weighted by molar-refractivity contribution is 0.107. The van der Waals surface area contributed by atoms with Gasteiger partial charge in [-0.05, 0) is 30.9 Å². The third-order valence-electron chi connectivity index (χ3n) is 4.54. The summed E-state index contributed by atoms with van der Waals surface area (Å²) in [5, 5.41) is 12.5. The van der Waals surface area contributed by atoms with E-state index in [1.54, 1.807) is 6.07 Å². The first-order valence-corrected chi connectivity index (χ1v) is 8.30. The summed E-state index contributed by atoms with van der Waals surface area (Å²) in [6.07, 6.45) is 2.46. The molecule has 5 nitrogen and oxygen atoms in total. The Morgan fingerprint density at radius 3 is 2.81 bits per heavy atom. The van der Waals surface area contributed by atoms with E-state index in [1.807, 2.05) is 30.3 Å². The summed E-state index contributed by atoms with van der Waals surface area (Å²) in [6, 6.07) is 12.4. The summed E-state index contributed by atoms with van der Waals surface area (Å²) in [5.74, 6) is 1.49. The Morgan fingerprint density at radius 2 is 2.08 bits per heavy atom. The number of hydrogen-bond acceptors (Lipinski definition) is 4. The van der Waals surface area contributed by atoms with Gasteiger partial charge in [0.2, 0.25) is 5.95 Å². The molecule has 0 unspecified atom stereocenters. The number of pyridine rings is 1. The van der Waals surface area contributed by atoms with Crippen molar-refractivity contribution in [2.45, 2.75) is 12.7 Å². The van der Waals surface area contributed by atoms with Crippen molar-refractivity contribution in [1.82, 2.24) is 9.97 Å². The van der Waals surface area contributed by atoms with E-state index < -0.39 is 12.7 Å². The zero-order valence-corrected chi connectivity index (χ0v) is 13.8. The van der Waals surface area contributed by atoms with E-state index in [-0.39, 0.29) is 5.68 Å². The van der Waals surface area contributed by atoms with E-state index in [9.17, 15) is 14.4 Å². The number of anilines is 2. The smallest absolute Gasteiger partial charge is 0.351 e. The topological polar surface area (TPSA) is 81.6 Å². The molecule has 1 aromatic carbocycles. The maximum atomic E-state index is 13.6. The van der Waals surface area contributed by atoms with Crippen molar-refractivity contribution in [3.8, 4) is 17.2 Å². The quantitative estimate of drug-likeness (QED) is 0.559. The van der Waals surface area contributed by atoms with Crippen LogP contribution in [0.1, 0.15) is 16.1 Å². The van der Waals surface area contributed by atoms with Crippen LogP contribution in [0.25, 0.3) is 11.3 Å². The molecular formula is C19H14BFN4O. The first kappa shape index (κ1) is 16.1. The Hall–Kier alpha value is -3.40. The molecule has 0 saturated heterocycles. The number of carbonyl (C=O) groups excluding carboxylic acids is 1. The number of rotatable bonds is 3. The van der Waals surface area contributed by atoms with Gasteiger partial charge in [0.25, 0.3) is 0 Å². The predicted octanol–water partition coefficient (Wildman–Crippen LogP) is 3.79. The van der Waals surface area contributed by atoms with Gasteiger partial charge in [-0.15, -0.1) is 0 Å². The second kappa shape index (κ2) is 6.49. The van der Waals surface area contributed by atoms with Gasteiger partial charge in [0.15, 0.2) is 0 Å². The molecule has 0 atom stereocenters. The van der Waals surface area contributed by atoms with Crippen LogP contribution in [0.4, 0.5) is 15.8 Å². The molecular weight excluding hydrogens is 330 g/mol. The van der Waals surface area contributed by atoms with Crippen molar-refractivity contribution in [3.63, 3.8) is 0 Å². The number of halogens is 1. The second-order valence-electron chi connectivity index (χ2n) is 6.17. The molecule has 0 aliphatic carbocycles. The number of H-pyrrole nitrogens is 1. The van der Waals surface area contributed by atoms with E-state index in [1.165, 1.54) is 12.3 Å². The number of aromatic nitrogens is 2. The van der Waals surface area contributed by atoms with Gasteiger partial charge in [-0.3, -0.25) is 0 Å². The molecule has 3 aromatic rings. The normalized spacial score (nSPS) is 13.2. The van der Waals surface area contributed by atoms with Gasteiger partial charge >= 0.3 is 6.71 Å². The lowest BCUT2D eigenvalue weighted by Crippen LogP contribution is -2.30. The molecule has 3 heterocycles. The van der Waals surface area contributed by atoms with Gasteiger partial charge in [0.05, 0.1) is 16.9 Å². The fourth-order valence-electron chi connectivity index (χ4n) is 3.29. The fourth-order valence-corrected chi connectivity index (χ4v) is 3.29. The van der Waals surface area contributed by atoms with Crippen LogP contribution in [-0.4, -0.2) is 22.4 Å². The number of carbonyl (C=O) groups is 1. The predicted molar refractivity (Wildman–Crippen MR) is 97.9 cm³/mol. The first-order chi connectivity index (χ1) is 12.7. The zero-order chi connectivity index (χ0) is 18.1. The summed E-state index contributed by atoms with van der Waals surface area (Å²) in [4.78, 5) is 19.6. The monoisotopic (exact) mass is 344 g/mol. The molecule has 0 spiro atoms. The van der Waals surface area contributed by atoms with Crippen molar-refractivity contribution >= 4 is 23.8 Å². The molecule has 2 N–H and O–H groups in total. The maximum absolute atomic E-state index is 13.6. The van der Waals surface area contributed by atoms with Crippen LogP contribution >= 0.6 is 0 Å². The minimum absolute atomic E-state index is 0.204. The lowest BCUT2D eigenvalue weighted by atomic mass is 9.41. The van der Waals surface area contributed by atoms with Crippen LogP contribution in [0.15, 0.2) is 48.7 Å². The molecule has 126 valence electrons. The summed E-state index contributed by atoms with van der Waals surface area (Å²) in [6.45, 7) is -0.656. The molecule has 7 heteroatoms. The van der Waals surface area contributed by atoms with Gasteiger partial charge < -0.3 is 15.1 Å². The van der Waals surface area contributed by atoms with E-state index in [2.05, 4.69) is 21.3 Å². The Labute approximate surface area is 150 Å². The number of para-hydroxylation sites is 1. The standard InChI is InChI=1S/C19H14BFN4O/c21-15-10-12(7-9-23-15)17-18(24-13-4-2-1-3-5-13)16-14(25-17)6-8-20(11-22)19(16)26/h1-5,7,9-10,24-25H,6,8H2. The summed E-state index contributed by atoms with van der Waals surface area (Å²) >= 11 is 0. The third-order valence-corrected chi connectivity index (χ3v) is 4.54. The zero-order valence-electron chi connectivity index (χ0n) is 13.8. The minimum atomic E-state index is -0.656. The highest BCUT2D eigenvalue weighted by Gasteiger charge is 2.36. The minimum Gasteiger partial charge on any atom is -0.356 e. The molecule has 0 radical (unpaired) electrons. The molecule has 0 saturated carbocycles. The van der Waals surface area contributed by atoms with Gasteiger partial charge in [0.1, 0.15) is 5.68 Å². The average molecular weight is 344 g/mol. The highest BCUT2D eigenvalue weighted by molar-refractivity contribution is 6.98. The third kappa shape index (κ3) is 2.76. The maximum Gasteiger partial charge on any atom is 0.351 e. The Balaban J connectivity index is 1.89. The SMILES string of the molecule is N#CB1CCc2[nH]c(-c3ccnc(F)c3)c(Nc3ccccc3)c2C1=O. The van der Waals surface area contributed by atoms with Crippen LogP contribution in [0.5, 0.6) is 0 Å². The Morgan fingerprint density at radius 1 is 1.27 bits per heavy atom. The molecule has 26 heavy (non-hydrogen) atoms. The van der Waals surface area contributed by atoms with Crippen LogP contribution < -0.4 is 5.32 Å². The summed E-state index contributed by atoms with van der Waals surface area (Å²) in [7, 11) is 0. The molecule has 0 fully saturated rings. The van der Waals surface area contributed by atoms with E-state index >= 15 is 0 Å². The number of benzene rings is 1. The highest BCUT2D eigenvalue weighted by Crippen LogP contribution is 2.38. The molecule has 0 bridgehead atoms. The van der Waals surface area contributed by atoms with Crippen LogP contribution in [0.3, 0.4) is 0 Å². The van der Waals surface area contributed by atoms with Gasteiger partial charge in [-0.2, -0.15) is 4.39 Å². The van der Waals surface area contributed by atoms with Gasteiger partial charge in [-0.1, -0.05) is 18.2 Å². The molecule has 1 aliphatic rings. The average Bonchev–Trinajstić information content (AvgIpc) is 3.02. The largest absolute Gasteiger partial charge is 0.356 e. The van der Waals surface area contributed by atoms with E-state index in [0.717, 1.165) is 11.4 Å².